The zero-order valence-electron chi connectivity index (χ0n) is 12.0. The first-order valence-electron chi connectivity index (χ1n) is 7.32. The van der Waals surface area contributed by atoms with E-state index in [-0.39, 0.29) is 12.1 Å². The molecule has 2 unspecified atom stereocenters. The van der Waals surface area contributed by atoms with Crippen molar-refractivity contribution in [3.05, 3.63) is 0 Å². The number of unbranched alkanes of at least 4 members (excludes halogenated alkanes) is 3. The van der Waals surface area contributed by atoms with Gasteiger partial charge < -0.3 is 15.3 Å². The summed E-state index contributed by atoms with van der Waals surface area (Å²) < 4.78 is 0. The van der Waals surface area contributed by atoms with Crippen molar-refractivity contribution in [2.24, 2.45) is 5.92 Å². The van der Waals surface area contributed by atoms with E-state index in [1.54, 1.807) is 4.90 Å². The monoisotopic (exact) mass is 270 g/mol. The molecule has 1 heterocycles. The summed E-state index contributed by atoms with van der Waals surface area (Å²) in [6, 6.07) is 0.0416. The molecule has 1 aliphatic heterocycles. The number of urea groups is 1. The van der Waals surface area contributed by atoms with Gasteiger partial charge in [0.05, 0.1) is 5.92 Å². The van der Waals surface area contributed by atoms with Gasteiger partial charge in [0.25, 0.3) is 0 Å². The summed E-state index contributed by atoms with van der Waals surface area (Å²) in [4.78, 5) is 24.4. The number of carbonyl (C=O) groups is 2. The average Bonchev–Trinajstić information content (AvgIpc) is 2.84. The highest BCUT2D eigenvalue weighted by Gasteiger charge is 2.31. The molecule has 5 nitrogen and oxygen atoms in total. The molecule has 0 bridgehead atoms. The Labute approximate surface area is 115 Å². The van der Waals surface area contributed by atoms with Crippen LogP contribution in [0.1, 0.15) is 52.4 Å². The number of nitrogens with zero attached hydrogens (tertiary/aromatic N) is 1. The second kappa shape index (κ2) is 8.02. The van der Waals surface area contributed by atoms with Crippen LogP contribution in [0.15, 0.2) is 0 Å². The largest absolute Gasteiger partial charge is 0.481 e. The SMILES string of the molecule is CCCCCCC(C)NC(=O)N1CCC(C(=O)O)C1. The van der Waals surface area contributed by atoms with E-state index in [2.05, 4.69) is 12.2 Å². The van der Waals surface area contributed by atoms with Crippen molar-refractivity contribution >= 4 is 12.0 Å². The molecule has 0 radical (unpaired) electrons. The Bertz CT molecular complexity index is 307. The third-order valence-electron chi connectivity index (χ3n) is 3.69. The van der Waals surface area contributed by atoms with Gasteiger partial charge in [-0.3, -0.25) is 4.79 Å². The topological polar surface area (TPSA) is 69.6 Å². The predicted molar refractivity (Wildman–Crippen MR) is 74.1 cm³/mol. The predicted octanol–water partition coefficient (Wildman–Crippen LogP) is 2.46. The van der Waals surface area contributed by atoms with Crippen molar-refractivity contribution < 1.29 is 14.7 Å². The number of rotatable bonds is 7. The van der Waals surface area contributed by atoms with E-state index in [0.29, 0.717) is 19.5 Å². The fourth-order valence-electron chi connectivity index (χ4n) is 2.40. The molecule has 0 aliphatic carbocycles. The molecule has 1 fully saturated rings. The first kappa shape index (κ1) is 15.8. The van der Waals surface area contributed by atoms with Crippen LogP contribution in [0.5, 0.6) is 0 Å². The van der Waals surface area contributed by atoms with Crippen LogP contribution in [0.2, 0.25) is 0 Å². The lowest BCUT2D eigenvalue weighted by Crippen LogP contribution is -2.43. The molecule has 0 aromatic carbocycles. The molecule has 1 rings (SSSR count). The van der Waals surface area contributed by atoms with Crippen molar-refractivity contribution in [3.8, 4) is 0 Å². The molecule has 0 aromatic rings. The van der Waals surface area contributed by atoms with Gasteiger partial charge in [-0.1, -0.05) is 32.6 Å². The van der Waals surface area contributed by atoms with Crippen LogP contribution in [0.3, 0.4) is 0 Å². The minimum absolute atomic E-state index is 0.119. The standard InChI is InChI=1S/C14H26N2O3/c1-3-4-5-6-7-11(2)15-14(19)16-9-8-12(10-16)13(17)18/h11-12H,3-10H2,1-2H3,(H,15,19)(H,17,18). The molecule has 5 heteroatoms. The zero-order valence-corrected chi connectivity index (χ0v) is 12.0. The summed E-state index contributed by atoms with van der Waals surface area (Å²) in [5.74, 6) is -1.20. The van der Waals surface area contributed by atoms with Gasteiger partial charge in [0.15, 0.2) is 0 Å². The molecule has 0 saturated carbocycles. The number of nitrogens with one attached hydrogen (secondary N) is 1. The molecular formula is C14H26N2O3. The Morgan fingerprint density at radius 2 is 2.11 bits per heavy atom. The molecule has 1 aliphatic rings. The highest BCUT2D eigenvalue weighted by Crippen LogP contribution is 2.16. The van der Waals surface area contributed by atoms with Gasteiger partial charge in [0, 0.05) is 19.1 Å². The lowest BCUT2D eigenvalue weighted by atomic mass is 10.1. The number of likely N-dealkylation sites (tertiary alicyclic amines) is 1. The molecule has 2 N–H and O–H groups in total. The normalized spacial score (nSPS) is 20.3. The minimum atomic E-state index is -0.803. The molecule has 110 valence electrons. The van der Waals surface area contributed by atoms with Crippen molar-refractivity contribution in [1.82, 2.24) is 10.2 Å². The van der Waals surface area contributed by atoms with Crippen LogP contribution in [0.25, 0.3) is 0 Å². The molecular weight excluding hydrogens is 244 g/mol. The summed E-state index contributed by atoms with van der Waals surface area (Å²) in [6.07, 6.45) is 6.35. The lowest BCUT2D eigenvalue weighted by Gasteiger charge is -2.20. The molecule has 2 atom stereocenters. The van der Waals surface area contributed by atoms with Gasteiger partial charge in [-0.2, -0.15) is 0 Å². The van der Waals surface area contributed by atoms with E-state index in [4.69, 9.17) is 5.11 Å². The molecule has 1 saturated heterocycles. The first-order chi connectivity index (χ1) is 9.04. The van der Waals surface area contributed by atoms with E-state index < -0.39 is 11.9 Å². The van der Waals surface area contributed by atoms with Crippen LogP contribution >= 0.6 is 0 Å². The summed E-state index contributed by atoms with van der Waals surface area (Å²) >= 11 is 0. The summed E-state index contributed by atoms with van der Waals surface area (Å²) in [5, 5.41) is 11.9. The van der Waals surface area contributed by atoms with Crippen molar-refractivity contribution in [2.45, 2.75) is 58.4 Å². The Kier molecular flexibility index (Phi) is 6.67. The smallest absolute Gasteiger partial charge is 0.317 e. The van der Waals surface area contributed by atoms with E-state index in [1.165, 1.54) is 19.3 Å². The quantitative estimate of drug-likeness (QED) is 0.698. The maximum Gasteiger partial charge on any atom is 0.317 e. The number of carbonyl (C=O) groups excluding carboxylic acids is 1. The zero-order chi connectivity index (χ0) is 14.3. The van der Waals surface area contributed by atoms with Crippen LogP contribution in [-0.4, -0.2) is 41.1 Å². The second-order valence-corrected chi connectivity index (χ2v) is 5.47. The number of carboxylic acid groups (broad SMARTS) is 1. The lowest BCUT2D eigenvalue weighted by molar-refractivity contribution is -0.141. The van der Waals surface area contributed by atoms with Crippen molar-refractivity contribution in [3.63, 3.8) is 0 Å². The maximum absolute atomic E-state index is 11.9. The summed E-state index contributed by atoms with van der Waals surface area (Å²) in [5.41, 5.74) is 0. The maximum atomic E-state index is 11.9. The van der Waals surface area contributed by atoms with Gasteiger partial charge >= 0.3 is 12.0 Å². The highest BCUT2D eigenvalue weighted by molar-refractivity contribution is 5.77. The Hall–Kier alpha value is -1.26. The number of amides is 2. The van der Waals surface area contributed by atoms with Crippen LogP contribution < -0.4 is 5.32 Å². The van der Waals surface area contributed by atoms with Gasteiger partial charge in [0.1, 0.15) is 0 Å². The fraction of sp³-hybridized carbons (Fsp3) is 0.857. The summed E-state index contributed by atoms with van der Waals surface area (Å²) in [7, 11) is 0. The molecule has 2 amide bonds. The molecule has 19 heavy (non-hydrogen) atoms. The highest BCUT2D eigenvalue weighted by atomic mass is 16.4. The van der Waals surface area contributed by atoms with Crippen LogP contribution in [-0.2, 0) is 4.79 Å². The van der Waals surface area contributed by atoms with E-state index in [0.717, 1.165) is 12.8 Å². The van der Waals surface area contributed by atoms with Gasteiger partial charge in [-0.25, -0.2) is 4.79 Å². The third-order valence-corrected chi connectivity index (χ3v) is 3.69. The van der Waals surface area contributed by atoms with Crippen LogP contribution in [0.4, 0.5) is 4.79 Å². The number of carboxylic acids is 1. The average molecular weight is 270 g/mol. The second-order valence-electron chi connectivity index (χ2n) is 5.47. The number of aliphatic carboxylic acids is 1. The Morgan fingerprint density at radius 1 is 1.37 bits per heavy atom. The third kappa shape index (κ3) is 5.49. The number of hydrogen-bond acceptors (Lipinski definition) is 2. The molecule has 0 spiro atoms. The molecule has 0 aromatic heterocycles. The Morgan fingerprint density at radius 3 is 2.68 bits per heavy atom. The van der Waals surface area contributed by atoms with Crippen molar-refractivity contribution in [2.75, 3.05) is 13.1 Å². The minimum Gasteiger partial charge on any atom is -0.481 e. The van der Waals surface area contributed by atoms with E-state index in [9.17, 15) is 9.59 Å². The van der Waals surface area contributed by atoms with E-state index in [1.807, 2.05) is 6.92 Å². The Balaban J connectivity index is 2.21. The van der Waals surface area contributed by atoms with Crippen molar-refractivity contribution in [1.29, 1.82) is 0 Å². The summed E-state index contributed by atoms with van der Waals surface area (Å²) in [6.45, 7) is 5.07. The van der Waals surface area contributed by atoms with E-state index >= 15 is 0 Å². The van der Waals surface area contributed by atoms with Gasteiger partial charge in [0.2, 0.25) is 0 Å². The van der Waals surface area contributed by atoms with Crippen LogP contribution in [0, 0.1) is 5.92 Å². The number of hydrogen-bond donors (Lipinski definition) is 2. The fourth-order valence-corrected chi connectivity index (χ4v) is 2.40. The van der Waals surface area contributed by atoms with Gasteiger partial charge in [-0.05, 0) is 19.8 Å². The van der Waals surface area contributed by atoms with Gasteiger partial charge in [-0.15, -0.1) is 0 Å². The first-order valence-corrected chi connectivity index (χ1v) is 7.32.